The van der Waals surface area contributed by atoms with E-state index in [2.05, 4.69) is 27.7 Å². The molecule has 0 N–H and O–H groups in total. The monoisotopic (exact) mass is 404 g/mol. The Morgan fingerprint density at radius 2 is 1.03 bits per heavy atom. The standard InChI is InChI=1S/C25H40O4/c1-23(2)13-25(19-8-16(12-27)15(11-26)7-17(19)23)14-24(3,4)18-9-21(28-5)22(29-6)10-20(18)25/h11-12,15-22H,7-10,13-14H2,1-6H3. The quantitative estimate of drug-likeness (QED) is 0.645. The van der Waals surface area contributed by atoms with E-state index in [1.165, 1.54) is 12.8 Å². The summed E-state index contributed by atoms with van der Waals surface area (Å²) in [6, 6.07) is 0. The summed E-state index contributed by atoms with van der Waals surface area (Å²) >= 11 is 0. The Labute approximate surface area is 176 Å². The molecule has 0 bridgehead atoms. The summed E-state index contributed by atoms with van der Waals surface area (Å²) < 4.78 is 11.8. The smallest absolute Gasteiger partial charge is 0.123 e. The lowest BCUT2D eigenvalue weighted by atomic mass is 9.57. The zero-order valence-corrected chi connectivity index (χ0v) is 19.1. The number of aldehydes is 2. The fraction of sp³-hybridized carbons (Fsp3) is 0.920. The maximum Gasteiger partial charge on any atom is 0.123 e. The highest BCUT2D eigenvalue weighted by molar-refractivity contribution is 5.65. The van der Waals surface area contributed by atoms with E-state index in [1.54, 1.807) is 0 Å². The lowest BCUT2D eigenvalue weighted by Crippen LogP contribution is -2.47. The van der Waals surface area contributed by atoms with Crippen LogP contribution >= 0.6 is 0 Å². The number of methoxy groups -OCH3 is 2. The third-order valence-corrected chi connectivity index (χ3v) is 9.97. The van der Waals surface area contributed by atoms with Gasteiger partial charge in [0.15, 0.2) is 0 Å². The summed E-state index contributed by atoms with van der Waals surface area (Å²) in [4.78, 5) is 23.6. The van der Waals surface area contributed by atoms with E-state index in [-0.39, 0.29) is 40.3 Å². The van der Waals surface area contributed by atoms with Crippen LogP contribution in [0.4, 0.5) is 0 Å². The van der Waals surface area contributed by atoms with Crippen molar-refractivity contribution in [3.05, 3.63) is 0 Å². The van der Waals surface area contributed by atoms with Crippen molar-refractivity contribution in [2.45, 2.75) is 78.4 Å². The van der Waals surface area contributed by atoms with Crippen molar-refractivity contribution >= 4 is 12.6 Å². The molecule has 0 aliphatic heterocycles. The predicted molar refractivity (Wildman–Crippen MR) is 112 cm³/mol. The molecule has 4 saturated carbocycles. The van der Waals surface area contributed by atoms with E-state index < -0.39 is 0 Å². The summed E-state index contributed by atoms with van der Waals surface area (Å²) in [6.07, 6.45) is 8.82. The lowest BCUT2D eigenvalue weighted by molar-refractivity contribution is -0.126. The van der Waals surface area contributed by atoms with Crippen LogP contribution in [0.5, 0.6) is 0 Å². The third-order valence-electron chi connectivity index (χ3n) is 9.97. The molecule has 1 spiro atoms. The molecule has 0 radical (unpaired) electrons. The number of carbonyl (C=O) groups is 2. The summed E-state index contributed by atoms with van der Waals surface area (Å²) in [6.45, 7) is 9.73. The second-order valence-electron chi connectivity index (χ2n) is 12.1. The molecule has 4 fully saturated rings. The Hall–Kier alpha value is -0.740. The molecule has 0 heterocycles. The minimum atomic E-state index is -0.102. The van der Waals surface area contributed by atoms with Crippen molar-refractivity contribution in [1.29, 1.82) is 0 Å². The SMILES string of the molecule is COC1CC2C(CC1OC)C1(CC(C)(C)C3CC(C=O)C(C=O)CC31)CC2(C)C. The first-order valence-electron chi connectivity index (χ1n) is 11.6. The molecule has 4 aliphatic carbocycles. The van der Waals surface area contributed by atoms with Gasteiger partial charge in [-0.3, -0.25) is 0 Å². The van der Waals surface area contributed by atoms with Crippen LogP contribution in [0.2, 0.25) is 0 Å². The van der Waals surface area contributed by atoms with Crippen LogP contribution in [-0.2, 0) is 19.1 Å². The second-order valence-corrected chi connectivity index (χ2v) is 12.1. The van der Waals surface area contributed by atoms with Crippen molar-refractivity contribution in [3.63, 3.8) is 0 Å². The number of ether oxygens (including phenoxy) is 2. The largest absolute Gasteiger partial charge is 0.379 e. The number of rotatable bonds is 4. The zero-order chi connectivity index (χ0) is 21.2. The normalized spacial score (nSPS) is 50.1. The van der Waals surface area contributed by atoms with Crippen LogP contribution in [0.15, 0.2) is 0 Å². The van der Waals surface area contributed by atoms with Crippen LogP contribution in [-0.4, -0.2) is 39.0 Å². The summed E-state index contributed by atoms with van der Waals surface area (Å²) in [7, 11) is 3.64. The molecule has 0 aromatic carbocycles. The third kappa shape index (κ3) is 3.07. The minimum absolute atomic E-state index is 0.0932. The minimum Gasteiger partial charge on any atom is -0.379 e. The van der Waals surface area contributed by atoms with E-state index in [4.69, 9.17) is 9.47 Å². The molecule has 4 rings (SSSR count). The zero-order valence-electron chi connectivity index (χ0n) is 19.1. The fourth-order valence-electron chi connectivity index (χ4n) is 9.02. The molecule has 9 atom stereocenters. The summed E-state index contributed by atoms with van der Waals surface area (Å²) in [5.41, 5.74) is 0.738. The van der Waals surface area contributed by atoms with Crippen LogP contribution in [0.1, 0.15) is 66.2 Å². The first-order chi connectivity index (χ1) is 13.6. The number of fused-ring (bicyclic) bond motifs is 4. The van der Waals surface area contributed by atoms with Gasteiger partial charge in [0, 0.05) is 26.1 Å². The molecule has 4 heteroatoms. The molecule has 0 saturated heterocycles. The molecule has 4 nitrogen and oxygen atoms in total. The first-order valence-corrected chi connectivity index (χ1v) is 11.6. The maximum absolute atomic E-state index is 11.9. The van der Waals surface area contributed by atoms with Crippen LogP contribution < -0.4 is 0 Å². The van der Waals surface area contributed by atoms with Crippen molar-refractivity contribution in [3.8, 4) is 0 Å². The summed E-state index contributed by atoms with van der Waals surface area (Å²) in [5, 5.41) is 0. The Morgan fingerprint density at radius 1 is 0.655 bits per heavy atom. The molecule has 29 heavy (non-hydrogen) atoms. The van der Waals surface area contributed by atoms with Crippen molar-refractivity contribution < 1.29 is 19.1 Å². The number of hydrogen-bond donors (Lipinski definition) is 0. The van der Waals surface area contributed by atoms with Gasteiger partial charge in [-0.15, -0.1) is 0 Å². The van der Waals surface area contributed by atoms with E-state index in [9.17, 15) is 9.59 Å². The van der Waals surface area contributed by atoms with Gasteiger partial charge < -0.3 is 19.1 Å². The predicted octanol–water partition coefficient (Wildman–Crippen LogP) is 4.55. The van der Waals surface area contributed by atoms with Crippen molar-refractivity contribution in [1.82, 2.24) is 0 Å². The van der Waals surface area contributed by atoms with Gasteiger partial charge in [0.25, 0.3) is 0 Å². The Balaban J connectivity index is 1.74. The first kappa shape index (κ1) is 21.5. The molecule has 164 valence electrons. The van der Waals surface area contributed by atoms with E-state index in [0.29, 0.717) is 23.7 Å². The van der Waals surface area contributed by atoms with Crippen LogP contribution in [0.25, 0.3) is 0 Å². The Morgan fingerprint density at radius 3 is 1.48 bits per heavy atom. The van der Waals surface area contributed by atoms with Crippen LogP contribution in [0, 0.1) is 51.8 Å². The van der Waals surface area contributed by atoms with Gasteiger partial charge in [-0.25, -0.2) is 0 Å². The van der Waals surface area contributed by atoms with Crippen molar-refractivity contribution in [2.75, 3.05) is 14.2 Å². The average Bonchev–Trinajstić information content (AvgIpc) is 3.04. The number of carbonyl (C=O) groups excluding carboxylic acids is 2. The van der Waals surface area contributed by atoms with Gasteiger partial charge in [0.2, 0.25) is 0 Å². The molecule has 9 unspecified atom stereocenters. The summed E-state index contributed by atoms with van der Waals surface area (Å²) in [5.74, 6) is 2.12. The fourth-order valence-corrected chi connectivity index (χ4v) is 9.02. The van der Waals surface area contributed by atoms with Gasteiger partial charge in [-0.05, 0) is 78.4 Å². The van der Waals surface area contributed by atoms with Gasteiger partial charge in [0.1, 0.15) is 12.6 Å². The molecule has 0 aromatic rings. The van der Waals surface area contributed by atoms with E-state index in [1.807, 2.05) is 14.2 Å². The molecular weight excluding hydrogens is 364 g/mol. The van der Waals surface area contributed by atoms with Crippen molar-refractivity contribution in [2.24, 2.45) is 51.8 Å². The molecule has 0 amide bonds. The Bertz CT molecular complexity index is 655. The van der Waals surface area contributed by atoms with Gasteiger partial charge in [-0.1, -0.05) is 27.7 Å². The van der Waals surface area contributed by atoms with E-state index >= 15 is 0 Å². The highest BCUT2D eigenvalue weighted by Gasteiger charge is 2.69. The maximum atomic E-state index is 11.9. The molecule has 0 aromatic heterocycles. The molecule has 4 aliphatic rings. The van der Waals surface area contributed by atoms with Gasteiger partial charge in [0.05, 0.1) is 12.2 Å². The lowest BCUT2D eigenvalue weighted by Gasteiger charge is -2.48. The molecular formula is C25H40O4. The second kappa shape index (κ2) is 7.15. The van der Waals surface area contributed by atoms with E-state index in [0.717, 1.165) is 38.3 Å². The Kier molecular flexibility index (Phi) is 5.30. The average molecular weight is 405 g/mol. The van der Waals surface area contributed by atoms with Crippen LogP contribution in [0.3, 0.4) is 0 Å². The highest BCUT2D eigenvalue weighted by atomic mass is 16.5. The highest BCUT2D eigenvalue weighted by Crippen LogP contribution is 2.75. The van der Waals surface area contributed by atoms with Gasteiger partial charge >= 0.3 is 0 Å². The number of hydrogen-bond acceptors (Lipinski definition) is 4. The van der Waals surface area contributed by atoms with Gasteiger partial charge in [-0.2, -0.15) is 0 Å². The topological polar surface area (TPSA) is 52.6 Å².